The summed E-state index contributed by atoms with van der Waals surface area (Å²) in [6.07, 6.45) is 4.26. The minimum atomic E-state index is -1.05. The highest BCUT2D eigenvalue weighted by atomic mass is 16.4. The Bertz CT molecular complexity index is 1090. The molecule has 1 saturated heterocycles. The van der Waals surface area contributed by atoms with E-state index < -0.39 is 5.97 Å². The van der Waals surface area contributed by atoms with Crippen molar-refractivity contribution < 1.29 is 9.90 Å². The van der Waals surface area contributed by atoms with Gasteiger partial charge in [0.1, 0.15) is 5.82 Å². The Kier molecular flexibility index (Phi) is 5.93. The Balaban J connectivity index is 1.46. The van der Waals surface area contributed by atoms with Crippen LogP contribution < -0.4 is 4.90 Å². The van der Waals surface area contributed by atoms with Gasteiger partial charge in [0.05, 0.1) is 23.3 Å². The number of benzene rings is 1. The van der Waals surface area contributed by atoms with Gasteiger partial charge in [0.15, 0.2) is 5.69 Å². The van der Waals surface area contributed by atoms with E-state index in [1.807, 2.05) is 18.2 Å². The molecule has 3 aromatic rings. The van der Waals surface area contributed by atoms with Crippen molar-refractivity contribution in [3.05, 3.63) is 76.0 Å². The highest BCUT2D eigenvalue weighted by Gasteiger charge is 2.26. The van der Waals surface area contributed by atoms with Crippen molar-refractivity contribution in [1.82, 2.24) is 20.2 Å². The van der Waals surface area contributed by atoms with Crippen molar-refractivity contribution in [2.75, 3.05) is 18.0 Å². The highest BCUT2D eigenvalue weighted by Crippen LogP contribution is 2.32. The van der Waals surface area contributed by atoms with Gasteiger partial charge in [-0.3, -0.25) is 0 Å². The molecular weight excluding hydrogens is 390 g/mol. The lowest BCUT2D eigenvalue weighted by Gasteiger charge is -2.33. The summed E-state index contributed by atoms with van der Waals surface area (Å²) in [6, 6.07) is 10.4. The third kappa shape index (κ3) is 4.40. The second-order valence-electron chi connectivity index (χ2n) is 8.17. The number of nitrogens with zero attached hydrogens (tertiary/aromatic N) is 5. The molecule has 0 spiro atoms. The summed E-state index contributed by atoms with van der Waals surface area (Å²) in [5.41, 5.74) is 6.29. The van der Waals surface area contributed by atoms with Gasteiger partial charge in [0.25, 0.3) is 0 Å². The molecular formula is C24H27N5O2. The fourth-order valence-electron chi connectivity index (χ4n) is 4.23. The zero-order valence-electron chi connectivity index (χ0n) is 18.2. The van der Waals surface area contributed by atoms with Crippen molar-refractivity contribution in [1.29, 1.82) is 0 Å². The Morgan fingerprint density at radius 3 is 2.42 bits per heavy atom. The van der Waals surface area contributed by atoms with Crippen molar-refractivity contribution in [2.45, 2.75) is 46.0 Å². The number of aryl methyl sites for hydroxylation is 1. The zero-order valence-corrected chi connectivity index (χ0v) is 18.2. The van der Waals surface area contributed by atoms with Crippen LogP contribution >= 0.6 is 0 Å². The van der Waals surface area contributed by atoms with Gasteiger partial charge in [0, 0.05) is 25.4 Å². The van der Waals surface area contributed by atoms with E-state index >= 15 is 0 Å². The maximum atomic E-state index is 11.2. The summed E-state index contributed by atoms with van der Waals surface area (Å²) in [7, 11) is 0. The molecule has 31 heavy (non-hydrogen) atoms. The van der Waals surface area contributed by atoms with Gasteiger partial charge in [-0.15, -0.1) is 0 Å². The fourth-order valence-corrected chi connectivity index (χ4v) is 4.23. The molecule has 0 saturated carbocycles. The predicted octanol–water partition coefficient (Wildman–Crippen LogP) is 3.86. The Morgan fingerprint density at radius 2 is 1.77 bits per heavy atom. The van der Waals surface area contributed by atoms with Gasteiger partial charge in [-0.25, -0.2) is 14.8 Å². The number of rotatable bonds is 5. The first-order valence-corrected chi connectivity index (χ1v) is 10.6. The lowest BCUT2D eigenvalue weighted by atomic mass is 9.89. The number of carboxylic acid groups (broad SMARTS) is 1. The first-order valence-electron chi connectivity index (χ1n) is 10.6. The number of carboxylic acids is 1. The summed E-state index contributed by atoms with van der Waals surface area (Å²) in [4.78, 5) is 21.9. The average molecular weight is 418 g/mol. The number of aromatic carboxylic acids is 1. The topological polar surface area (TPSA) is 92.1 Å². The standard InChI is InChI=1S/C24H27N5O2/c1-15-16(2)22(28-27-20(15)13-18-7-5-4-6-8-18)19-9-11-29(12-10-19)21-14-25-23(24(30)31)17(3)26-21/h4-8,14,19H,9-13H2,1-3H3,(H,30,31). The van der Waals surface area contributed by atoms with Crippen LogP contribution in [0.5, 0.6) is 0 Å². The molecule has 0 radical (unpaired) electrons. The molecule has 4 rings (SSSR count). The van der Waals surface area contributed by atoms with E-state index in [-0.39, 0.29) is 5.69 Å². The van der Waals surface area contributed by atoms with Crippen LogP contribution in [0.1, 0.15) is 63.0 Å². The summed E-state index contributed by atoms with van der Waals surface area (Å²) >= 11 is 0. The monoisotopic (exact) mass is 417 g/mol. The van der Waals surface area contributed by atoms with Crippen LogP contribution in [0.25, 0.3) is 0 Å². The van der Waals surface area contributed by atoms with E-state index in [4.69, 9.17) is 5.11 Å². The minimum Gasteiger partial charge on any atom is -0.476 e. The summed E-state index contributed by atoms with van der Waals surface area (Å²) in [5, 5.41) is 18.4. The summed E-state index contributed by atoms with van der Waals surface area (Å²) < 4.78 is 0. The van der Waals surface area contributed by atoms with Crippen molar-refractivity contribution in [3.8, 4) is 0 Å². The zero-order chi connectivity index (χ0) is 22.0. The molecule has 2 aromatic heterocycles. The van der Waals surface area contributed by atoms with Crippen LogP contribution in [0.2, 0.25) is 0 Å². The SMILES string of the molecule is Cc1nc(N2CCC(c3nnc(Cc4ccccc4)c(C)c3C)CC2)cnc1C(=O)O. The molecule has 0 aliphatic carbocycles. The third-order valence-electron chi connectivity index (χ3n) is 6.21. The number of aromatic nitrogens is 4. The molecule has 7 heteroatoms. The molecule has 0 bridgehead atoms. The van der Waals surface area contributed by atoms with Crippen LogP contribution in [0.3, 0.4) is 0 Å². The molecule has 0 unspecified atom stereocenters. The largest absolute Gasteiger partial charge is 0.476 e. The van der Waals surface area contributed by atoms with E-state index in [0.717, 1.165) is 49.6 Å². The number of hydrogen-bond donors (Lipinski definition) is 1. The lowest BCUT2D eigenvalue weighted by Crippen LogP contribution is -2.34. The van der Waals surface area contributed by atoms with Gasteiger partial charge in [-0.05, 0) is 50.3 Å². The van der Waals surface area contributed by atoms with Crippen LogP contribution in [0, 0.1) is 20.8 Å². The third-order valence-corrected chi connectivity index (χ3v) is 6.21. The maximum Gasteiger partial charge on any atom is 0.356 e. The van der Waals surface area contributed by atoms with Crippen LogP contribution in [-0.2, 0) is 6.42 Å². The van der Waals surface area contributed by atoms with E-state index in [2.05, 4.69) is 51.0 Å². The molecule has 1 aliphatic rings. The molecule has 1 aliphatic heterocycles. The number of piperidine rings is 1. The summed E-state index contributed by atoms with van der Waals surface area (Å²) in [5.74, 6) is 0.0501. The quantitative estimate of drug-likeness (QED) is 0.674. The molecule has 1 N–H and O–H groups in total. The van der Waals surface area contributed by atoms with Crippen LogP contribution in [0.15, 0.2) is 36.5 Å². The van der Waals surface area contributed by atoms with Gasteiger partial charge in [-0.2, -0.15) is 10.2 Å². The minimum absolute atomic E-state index is 0.00982. The van der Waals surface area contributed by atoms with Crippen molar-refractivity contribution in [3.63, 3.8) is 0 Å². The summed E-state index contributed by atoms with van der Waals surface area (Å²) in [6.45, 7) is 7.64. The number of hydrogen-bond acceptors (Lipinski definition) is 6. The Labute approximate surface area is 182 Å². The number of carbonyl (C=O) groups is 1. The van der Waals surface area contributed by atoms with Crippen LogP contribution in [0.4, 0.5) is 5.82 Å². The fraction of sp³-hybridized carbons (Fsp3) is 0.375. The van der Waals surface area contributed by atoms with Gasteiger partial charge < -0.3 is 10.0 Å². The van der Waals surface area contributed by atoms with E-state index in [1.54, 1.807) is 13.1 Å². The number of anilines is 1. The normalized spacial score (nSPS) is 14.6. The lowest BCUT2D eigenvalue weighted by molar-refractivity contribution is 0.0689. The first-order chi connectivity index (χ1) is 14.9. The highest BCUT2D eigenvalue weighted by molar-refractivity contribution is 5.86. The van der Waals surface area contributed by atoms with E-state index in [9.17, 15) is 4.79 Å². The molecule has 0 amide bonds. The smallest absolute Gasteiger partial charge is 0.356 e. The first kappa shape index (κ1) is 20.9. The van der Waals surface area contributed by atoms with Gasteiger partial charge in [0.2, 0.25) is 0 Å². The van der Waals surface area contributed by atoms with Gasteiger partial charge in [-0.1, -0.05) is 30.3 Å². The van der Waals surface area contributed by atoms with E-state index in [0.29, 0.717) is 11.6 Å². The second-order valence-corrected chi connectivity index (χ2v) is 8.17. The molecule has 160 valence electrons. The maximum absolute atomic E-state index is 11.2. The molecule has 7 nitrogen and oxygen atoms in total. The van der Waals surface area contributed by atoms with Crippen molar-refractivity contribution >= 4 is 11.8 Å². The molecule has 3 heterocycles. The van der Waals surface area contributed by atoms with Crippen LogP contribution in [-0.4, -0.2) is 44.3 Å². The Hall–Kier alpha value is -3.35. The molecule has 0 atom stereocenters. The Morgan fingerprint density at radius 1 is 1.06 bits per heavy atom. The predicted molar refractivity (Wildman–Crippen MR) is 119 cm³/mol. The average Bonchev–Trinajstić information content (AvgIpc) is 2.78. The second kappa shape index (κ2) is 8.79. The van der Waals surface area contributed by atoms with Gasteiger partial charge >= 0.3 is 5.97 Å². The molecule has 1 fully saturated rings. The van der Waals surface area contributed by atoms with E-state index in [1.165, 1.54) is 16.7 Å². The van der Waals surface area contributed by atoms with Crippen molar-refractivity contribution in [2.24, 2.45) is 0 Å². The molecule has 1 aromatic carbocycles.